The second-order valence-corrected chi connectivity index (χ2v) is 8.01. The largest absolute Gasteiger partial charge is 0.357 e. The zero-order valence-electron chi connectivity index (χ0n) is 15.2. The normalized spacial score (nSPS) is 11.7. The van der Waals surface area contributed by atoms with Crippen LogP contribution in [0, 0.1) is 6.92 Å². The van der Waals surface area contributed by atoms with Gasteiger partial charge in [0.15, 0.2) is 0 Å². The van der Waals surface area contributed by atoms with E-state index in [1.54, 1.807) is 18.9 Å². The smallest absolute Gasteiger partial charge is 0.242 e. The van der Waals surface area contributed by atoms with Crippen LogP contribution in [0.5, 0.6) is 0 Å². The number of carbonyl (C=O) groups excluding carboxylic acids is 2. The lowest BCUT2D eigenvalue weighted by Gasteiger charge is -2.28. The lowest BCUT2D eigenvalue weighted by Crippen LogP contribution is -2.47. The molecule has 0 aliphatic carbocycles. The summed E-state index contributed by atoms with van der Waals surface area (Å²) in [6.07, 6.45) is 0. The number of aryl methyl sites for hydroxylation is 1. The van der Waals surface area contributed by atoms with Gasteiger partial charge in [-0.05, 0) is 43.7 Å². The second kappa shape index (κ2) is 9.78. The van der Waals surface area contributed by atoms with Crippen molar-refractivity contribution in [3.8, 4) is 0 Å². The first-order valence-corrected chi connectivity index (χ1v) is 10.1. The summed E-state index contributed by atoms with van der Waals surface area (Å²) in [4.78, 5) is 27.6. The predicted molar refractivity (Wildman–Crippen MR) is 110 cm³/mol. The van der Waals surface area contributed by atoms with Gasteiger partial charge in [0.25, 0.3) is 0 Å². The van der Waals surface area contributed by atoms with Crippen molar-refractivity contribution in [2.45, 2.75) is 31.3 Å². The van der Waals surface area contributed by atoms with Crippen molar-refractivity contribution in [3.63, 3.8) is 0 Å². The quantitative estimate of drug-likeness (QED) is 0.669. The van der Waals surface area contributed by atoms with Gasteiger partial charge in [0.1, 0.15) is 6.04 Å². The van der Waals surface area contributed by atoms with Crippen LogP contribution in [0.3, 0.4) is 0 Å². The highest BCUT2D eigenvalue weighted by Gasteiger charge is 2.25. The lowest BCUT2D eigenvalue weighted by atomic mass is 10.1. The maximum Gasteiger partial charge on any atom is 0.242 e. The molecule has 1 unspecified atom stereocenters. The molecule has 0 saturated carbocycles. The number of benzene rings is 2. The number of thioether (sulfide) groups is 1. The van der Waals surface area contributed by atoms with Gasteiger partial charge >= 0.3 is 0 Å². The minimum Gasteiger partial charge on any atom is -0.357 e. The first kappa shape index (κ1) is 20.5. The van der Waals surface area contributed by atoms with E-state index in [0.717, 1.165) is 14.9 Å². The van der Waals surface area contributed by atoms with E-state index >= 15 is 0 Å². The molecule has 1 N–H and O–H groups in total. The van der Waals surface area contributed by atoms with Gasteiger partial charge in [-0.15, -0.1) is 11.8 Å². The maximum atomic E-state index is 12.8. The van der Waals surface area contributed by atoms with Crippen molar-refractivity contribution in [1.29, 1.82) is 0 Å². The molecule has 138 valence electrons. The standard InChI is InChI=1S/C20H23BrN2O2S/c1-14-7-9-18(10-8-14)26-13-19(24)23(15(2)20(25)22-3)12-16-5-4-6-17(21)11-16/h4-11,15H,12-13H2,1-3H3,(H,22,25). The summed E-state index contributed by atoms with van der Waals surface area (Å²) in [5, 5.41) is 2.63. The Kier molecular flexibility index (Phi) is 7.72. The van der Waals surface area contributed by atoms with Crippen molar-refractivity contribution in [3.05, 3.63) is 64.1 Å². The number of carbonyl (C=O) groups is 2. The molecule has 0 bridgehead atoms. The molecule has 0 aromatic heterocycles. The Morgan fingerprint density at radius 2 is 1.88 bits per heavy atom. The van der Waals surface area contributed by atoms with Crippen LogP contribution in [0.2, 0.25) is 0 Å². The van der Waals surface area contributed by atoms with Gasteiger partial charge in [0.2, 0.25) is 11.8 Å². The summed E-state index contributed by atoms with van der Waals surface area (Å²) in [5.74, 6) is 0.0543. The summed E-state index contributed by atoms with van der Waals surface area (Å²) >= 11 is 4.93. The molecule has 2 rings (SSSR count). The molecule has 0 saturated heterocycles. The van der Waals surface area contributed by atoms with E-state index in [2.05, 4.69) is 21.2 Å². The topological polar surface area (TPSA) is 49.4 Å². The average molecular weight is 435 g/mol. The highest BCUT2D eigenvalue weighted by Crippen LogP contribution is 2.21. The number of hydrogen-bond acceptors (Lipinski definition) is 3. The Hall–Kier alpha value is -1.79. The van der Waals surface area contributed by atoms with E-state index < -0.39 is 6.04 Å². The molecule has 6 heteroatoms. The highest BCUT2D eigenvalue weighted by atomic mass is 79.9. The minimum absolute atomic E-state index is 0.0633. The summed E-state index contributed by atoms with van der Waals surface area (Å²) in [6.45, 7) is 4.18. The van der Waals surface area contributed by atoms with Crippen LogP contribution < -0.4 is 5.32 Å². The van der Waals surface area contributed by atoms with Crippen LogP contribution in [0.1, 0.15) is 18.1 Å². The molecule has 0 aliphatic rings. The number of nitrogens with zero attached hydrogens (tertiary/aromatic N) is 1. The van der Waals surface area contributed by atoms with Gasteiger partial charge in [-0.25, -0.2) is 0 Å². The van der Waals surface area contributed by atoms with Crippen LogP contribution in [-0.2, 0) is 16.1 Å². The van der Waals surface area contributed by atoms with Crippen molar-refractivity contribution >= 4 is 39.5 Å². The maximum absolute atomic E-state index is 12.8. The SMILES string of the molecule is CNC(=O)C(C)N(Cc1cccc(Br)c1)C(=O)CSc1ccc(C)cc1. The number of hydrogen-bond donors (Lipinski definition) is 1. The van der Waals surface area contributed by atoms with Crippen molar-refractivity contribution < 1.29 is 9.59 Å². The Balaban J connectivity index is 2.12. The number of halogens is 1. The van der Waals surface area contributed by atoms with E-state index in [4.69, 9.17) is 0 Å². The van der Waals surface area contributed by atoms with Gasteiger partial charge in [-0.2, -0.15) is 0 Å². The molecule has 2 aromatic carbocycles. The first-order chi connectivity index (χ1) is 12.4. The zero-order valence-corrected chi connectivity index (χ0v) is 17.6. The third kappa shape index (κ3) is 5.88. The van der Waals surface area contributed by atoms with Crippen molar-refractivity contribution in [1.82, 2.24) is 10.2 Å². The fourth-order valence-corrected chi connectivity index (χ4v) is 3.72. The highest BCUT2D eigenvalue weighted by molar-refractivity contribution is 9.10. The van der Waals surface area contributed by atoms with E-state index in [9.17, 15) is 9.59 Å². The summed E-state index contributed by atoms with van der Waals surface area (Å²) in [6, 6.07) is 15.3. The number of rotatable bonds is 7. The second-order valence-electron chi connectivity index (χ2n) is 6.04. The predicted octanol–water partition coefficient (Wildman–Crippen LogP) is 4.01. The number of amides is 2. The van der Waals surface area contributed by atoms with Gasteiger partial charge < -0.3 is 10.2 Å². The van der Waals surface area contributed by atoms with Crippen LogP contribution in [0.15, 0.2) is 57.9 Å². The molecule has 0 spiro atoms. The van der Waals surface area contributed by atoms with E-state index in [1.165, 1.54) is 17.3 Å². The third-order valence-electron chi connectivity index (χ3n) is 4.04. The van der Waals surface area contributed by atoms with Crippen LogP contribution in [-0.4, -0.2) is 35.6 Å². The average Bonchev–Trinajstić information content (AvgIpc) is 2.64. The lowest BCUT2D eigenvalue weighted by molar-refractivity contribution is -0.138. The Bertz CT molecular complexity index is 765. The zero-order chi connectivity index (χ0) is 19.1. The van der Waals surface area contributed by atoms with Gasteiger partial charge in [0.05, 0.1) is 5.75 Å². The molecule has 0 heterocycles. The van der Waals surface area contributed by atoms with E-state index in [1.807, 2.05) is 55.5 Å². The van der Waals surface area contributed by atoms with Crippen LogP contribution >= 0.6 is 27.7 Å². The van der Waals surface area contributed by atoms with Crippen molar-refractivity contribution in [2.24, 2.45) is 0 Å². The molecule has 2 amide bonds. The Morgan fingerprint density at radius 3 is 2.50 bits per heavy atom. The molecule has 4 nitrogen and oxygen atoms in total. The molecule has 0 radical (unpaired) electrons. The molecule has 2 aromatic rings. The van der Waals surface area contributed by atoms with E-state index in [0.29, 0.717) is 12.3 Å². The monoisotopic (exact) mass is 434 g/mol. The van der Waals surface area contributed by atoms with Gasteiger partial charge in [-0.1, -0.05) is 45.8 Å². The van der Waals surface area contributed by atoms with E-state index in [-0.39, 0.29) is 11.8 Å². The molecular weight excluding hydrogens is 412 g/mol. The Labute approximate surface area is 167 Å². The minimum atomic E-state index is -0.537. The number of likely N-dealkylation sites (N-methyl/N-ethyl adjacent to an activating group) is 1. The van der Waals surface area contributed by atoms with Gasteiger partial charge in [-0.3, -0.25) is 9.59 Å². The van der Waals surface area contributed by atoms with Gasteiger partial charge in [0, 0.05) is 23.0 Å². The number of nitrogens with one attached hydrogen (secondary N) is 1. The summed E-state index contributed by atoms with van der Waals surface area (Å²) in [5.41, 5.74) is 2.16. The van der Waals surface area contributed by atoms with Crippen LogP contribution in [0.25, 0.3) is 0 Å². The van der Waals surface area contributed by atoms with Crippen LogP contribution in [0.4, 0.5) is 0 Å². The first-order valence-electron chi connectivity index (χ1n) is 8.35. The summed E-state index contributed by atoms with van der Waals surface area (Å²) < 4.78 is 0.948. The molecule has 26 heavy (non-hydrogen) atoms. The fourth-order valence-electron chi connectivity index (χ4n) is 2.49. The molecule has 0 fully saturated rings. The fraction of sp³-hybridized carbons (Fsp3) is 0.300. The summed E-state index contributed by atoms with van der Waals surface area (Å²) in [7, 11) is 1.58. The molecular formula is C20H23BrN2O2S. The third-order valence-corrected chi connectivity index (χ3v) is 5.53. The Morgan fingerprint density at radius 1 is 1.19 bits per heavy atom. The van der Waals surface area contributed by atoms with Crippen molar-refractivity contribution in [2.75, 3.05) is 12.8 Å². The molecule has 0 aliphatic heterocycles. The molecule has 1 atom stereocenters.